The molecule has 1 atom stereocenters. The third-order valence-electron chi connectivity index (χ3n) is 4.23. The lowest BCUT2D eigenvalue weighted by atomic mass is 9.86. The summed E-state index contributed by atoms with van der Waals surface area (Å²) in [6.07, 6.45) is 0. The van der Waals surface area contributed by atoms with Gasteiger partial charge >= 0.3 is 11.4 Å². The van der Waals surface area contributed by atoms with Crippen LogP contribution in [0.1, 0.15) is 22.7 Å². The van der Waals surface area contributed by atoms with Crippen molar-refractivity contribution in [3.05, 3.63) is 82.8 Å². The van der Waals surface area contributed by atoms with E-state index in [4.69, 9.17) is 4.74 Å². The Bertz CT molecular complexity index is 1230. The van der Waals surface area contributed by atoms with Gasteiger partial charge in [0, 0.05) is 0 Å². The average molecular weight is 355 g/mol. The van der Waals surface area contributed by atoms with Gasteiger partial charge in [0.2, 0.25) is 0 Å². The van der Waals surface area contributed by atoms with Gasteiger partial charge in [-0.05, 0) is 17.7 Å². The minimum absolute atomic E-state index is 0.0548. The van der Waals surface area contributed by atoms with Crippen molar-refractivity contribution < 1.29 is 4.74 Å². The highest BCUT2D eigenvalue weighted by atomic mass is 16.5. The van der Waals surface area contributed by atoms with Crippen LogP contribution in [0.15, 0.2) is 43.4 Å². The number of anilines is 2. The van der Waals surface area contributed by atoms with Gasteiger partial charge in [-0.2, -0.15) is 0 Å². The van der Waals surface area contributed by atoms with Crippen LogP contribution in [0.25, 0.3) is 0 Å². The summed E-state index contributed by atoms with van der Waals surface area (Å²) in [5.74, 6) is -0.0507. The molecule has 0 amide bonds. The van der Waals surface area contributed by atoms with Gasteiger partial charge in [0.25, 0.3) is 11.1 Å². The predicted molar refractivity (Wildman–Crippen MR) is 92.6 cm³/mol. The molecular weight excluding hydrogens is 342 g/mol. The van der Waals surface area contributed by atoms with E-state index in [2.05, 4.69) is 25.3 Å². The molecule has 132 valence electrons. The Labute approximate surface area is 143 Å². The number of aromatic amines is 4. The van der Waals surface area contributed by atoms with Crippen LogP contribution in [0.2, 0.25) is 0 Å². The molecule has 1 aromatic carbocycles. The number of rotatable bonds is 2. The van der Waals surface area contributed by atoms with E-state index >= 15 is 0 Å². The molecule has 4 rings (SSSR count). The number of hydrogen-bond acceptors (Lipinski definition) is 6. The van der Waals surface area contributed by atoms with E-state index in [-0.39, 0.29) is 22.8 Å². The Hall–Kier alpha value is -3.82. The van der Waals surface area contributed by atoms with Crippen LogP contribution in [0.3, 0.4) is 0 Å². The minimum Gasteiger partial charge on any atom is -0.497 e. The predicted octanol–water partition coefficient (Wildman–Crippen LogP) is -0.314. The Balaban J connectivity index is 2.06. The zero-order chi connectivity index (χ0) is 18.4. The van der Waals surface area contributed by atoms with E-state index in [1.807, 2.05) is 0 Å². The number of nitrogens with one attached hydrogen (secondary N) is 5. The molecule has 5 N–H and O–H groups in total. The Morgan fingerprint density at radius 1 is 0.846 bits per heavy atom. The molecule has 26 heavy (non-hydrogen) atoms. The maximum absolute atomic E-state index is 12.5. The minimum atomic E-state index is -0.761. The zero-order valence-electron chi connectivity index (χ0n) is 13.4. The summed E-state index contributed by atoms with van der Waals surface area (Å²) in [5, 5.41) is 2.73. The average Bonchev–Trinajstić information content (AvgIpc) is 2.60. The van der Waals surface area contributed by atoms with E-state index in [9.17, 15) is 19.2 Å². The summed E-state index contributed by atoms with van der Waals surface area (Å²) in [6.45, 7) is 0. The van der Waals surface area contributed by atoms with E-state index < -0.39 is 28.4 Å². The largest absolute Gasteiger partial charge is 0.497 e. The molecule has 0 bridgehead atoms. The van der Waals surface area contributed by atoms with Crippen LogP contribution in [0.4, 0.5) is 11.5 Å². The van der Waals surface area contributed by atoms with Gasteiger partial charge in [-0.15, -0.1) is 0 Å². The smallest absolute Gasteiger partial charge is 0.327 e. The fraction of sp³-hybridized carbons (Fsp3) is 0.125. The second kappa shape index (κ2) is 5.62. The van der Waals surface area contributed by atoms with Crippen molar-refractivity contribution in [2.24, 2.45) is 0 Å². The van der Waals surface area contributed by atoms with Crippen molar-refractivity contribution in [3.8, 4) is 5.75 Å². The number of aromatic nitrogens is 4. The van der Waals surface area contributed by atoms with Crippen LogP contribution in [-0.2, 0) is 0 Å². The second-order valence-corrected chi connectivity index (χ2v) is 5.73. The Kier molecular flexibility index (Phi) is 3.39. The van der Waals surface area contributed by atoms with Gasteiger partial charge in [-0.1, -0.05) is 12.1 Å². The van der Waals surface area contributed by atoms with Crippen molar-refractivity contribution in [1.82, 2.24) is 19.9 Å². The molecule has 2 aromatic heterocycles. The monoisotopic (exact) mass is 355 g/mol. The van der Waals surface area contributed by atoms with E-state index in [1.54, 1.807) is 24.3 Å². The number of fused-ring (bicyclic) bond motifs is 2. The normalized spacial score (nSPS) is 14.9. The highest BCUT2D eigenvalue weighted by Gasteiger charge is 2.33. The standard InChI is InChI=1S/C16H13N5O5/c1-26-7-4-2-6(3-5-7)8-9-12(19-16(25)20-13(9)22)17-11-10(8)18-15(24)21-14(11)23/h2-5,8H,1H3,(H2,18,21,23,24)(H3,17,19,20,22,25). The lowest BCUT2D eigenvalue weighted by Gasteiger charge is -2.27. The molecule has 3 aromatic rings. The van der Waals surface area contributed by atoms with Crippen molar-refractivity contribution in [2.75, 3.05) is 12.4 Å². The van der Waals surface area contributed by atoms with Gasteiger partial charge in [0.15, 0.2) is 0 Å². The molecule has 0 fully saturated rings. The molecular formula is C16H13N5O5. The molecule has 0 saturated carbocycles. The first-order chi connectivity index (χ1) is 12.5. The van der Waals surface area contributed by atoms with Crippen LogP contribution in [0, 0.1) is 0 Å². The maximum Gasteiger partial charge on any atom is 0.327 e. The van der Waals surface area contributed by atoms with Gasteiger partial charge in [-0.3, -0.25) is 24.5 Å². The van der Waals surface area contributed by atoms with Crippen LogP contribution in [-0.4, -0.2) is 27.0 Å². The zero-order valence-corrected chi connectivity index (χ0v) is 13.4. The van der Waals surface area contributed by atoms with Gasteiger partial charge in [0.1, 0.15) is 17.3 Å². The first kappa shape index (κ1) is 15.7. The van der Waals surface area contributed by atoms with Crippen LogP contribution in [0.5, 0.6) is 5.75 Å². The SMILES string of the molecule is COc1ccc(C2c3[nH]c(=O)[nH]c(=O)c3Nc3[nH]c(=O)[nH]c(=O)c32)cc1. The highest BCUT2D eigenvalue weighted by molar-refractivity contribution is 5.70. The van der Waals surface area contributed by atoms with Gasteiger partial charge < -0.3 is 15.0 Å². The molecule has 0 radical (unpaired) electrons. The summed E-state index contributed by atoms with van der Waals surface area (Å²) in [4.78, 5) is 57.4. The summed E-state index contributed by atoms with van der Waals surface area (Å²) in [7, 11) is 1.52. The maximum atomic E-state index is 12.5. The van der Waals surface area contributed by atoms with E-state index in [0.717, 1.165) is 0 Å². The fourth-order valence-electron chi connectivity index (χ4n) is 3.11. The molecule has 0 spiro atoms. The summed E-state index contributed by atoms with van der Waals surface area (Å²) >= 11 is 0. The fourth-order valence-corrected chi connectivity index (χ4v) is 3.11. The Morgan fingerprint density at radius 3 is 2.19 bits per heavy atom. The van der Waals surface area contributed by atoms with Crippen molar-refractivity contribution in [2.45, 2.75) is 5.92 Å². The number of H-pyrrole nitrogens is 4. The topological polar surface area (TPSA) is 153 Å². The molecule has 10 heteroatoms. The van der Waals surface area contributed by atoms with E-state index in [0.29, 0.717) is 11.3 Å². The van der Waals surface area contributed by atoms with Crippen LogP contribution >= 0.6 is 0 Å². The third-order valence-corrected chi connectivity index (χ3v) is 4.23. The van der Waals surface area contributed by atoms with Crippen molar-refractivity contribution >= 4 is 11.5 Å². The van der Waals surface area contributed by atoms with Crippen LogP contribution < -0.4 is 32.6 Å². The quantitative estimate of drug-likeness (QED) is 0.332. The lowest BCUT2D eigenvalue weighted by Crippen LogP contribution is -2.36. The number of ether oxygens (including phenoxy) is 1. The lowest BCUT2D eigenvalue weighted by molar-refractivity contribution is 0.414. The summed E-state index contributed by atoms with van der Waals surface area (Å²) in [6, 6.07) is 6.82. The summed E-state index contributed by atoms with van der Waals surface area (Å²) < 4.78 is 5.13. The molecule has 1 aliphatic rings. The highest BCUT2D eigenvalue weighted by Crippen LogP contribution is 2.39. The number of benzene rings is 1. The van der Waals surface area contributed by atoms with Crippen molar-refractivity contribution in [1.29, 1.82) is 0 Å². The first-order valence-corrected chi connectivity index (χ1v) is 7.62. The second-order valence-electron chi connectivity index (χ2n) is 5.73. The Morgan fingerprint density at radius 2 is 1.50 bits per heavy atom. The molecule has 0 saturated heterocycles. The molecule has 3 heterocycles. The first-order valence-electron chi connectivity index (χ1n) is 7.62. The third kappa shape index (κ3) is 2.35. The van der Waals surface area contributed by atoms with Gasteiger partial charge in [0.05, 0.1) is 24.3 Å². The number of hydrogen-bond donors (Lipinski definition) is 5. The van der Waals surface area contributed by atoms with Gasteiger partial charge in [-0.25, -0.2) is 9.59 Å². The number of methoxy groups -OCH3 is 1. The molecule has 1 aliphatic heterocycles. The van der Waals surface area contributed by atoms with E-state index in [1.165, 1.54) is 7.11 Å². The molecule has 1 unspecified atom stereocenters. The van der Waals surface area contributed by atoms with Crippen molar-refractivity contribution in [3.63, 3.8) is 0 Å². The molecule has 0 aliphatic carbocycles. The summed E-state index contributed by atoms with van der Waals surface area (Å²) in [5.41, 5.74) is -1.58. The molecule has 10 nitrogen and oxygen atoms in total.